The number of carbonyl (C=O) groups excluding carboxylic acids is 1. The highest BCUT2D eigenvalue weighted by atomic mass is 32.2. The van der Waals surface area contributed by atoms with Gasteiger partial charge in [-0.15, -0.1) is 0 Å². The molecule has 4 rings (SSSR count). The van der Waals surface area contributed by atoms with Crippen LogP contribution in [-0.2, 0) is 14.8 Å². The van der Waals surface area contributed by atoms with Crippen LogP contribution in [0.4, 0.5) is 0 Å². The zero-order valence-corrected chi connectivity index (χ0v) is 19.4. The van der Waals surface area contributed by atoms with E-state index in [1.165, 1.54) is 19.4 Å². The number of carbonyl (C=O) groups is 1. The van der Waals surface area contributed by atoms with Gasteiger partial charge >= 0.3 is 0 Å². The quantitative estimate of drug-likeness (QED) is 0.716. The molecule has 1 aliphatic carbocycles. The van der Waals surface area contributed by atoms with Crippen LogP contribution < -0.4 is 0 Å². The number of amides is 1. The van der Waals surface area contributed by atoms with Gasteiger partial charge in [0.15, 0.2) is 0 Å². The highest BCUT2D eigenvalue weighted by molar-refractivity contribution is 7.89. The number of hydrogen-bond donors (Lipinski definition) is 0. The maximum Gasteiger partial charge on any atom is 0.243 e. The van der Waals surface area contributed by atoms with Gasteiger partial charge in [0.2, 0.25) is 15.9 Å². The van der Waals surface area contributed by atoms with Crippen molar-refractivity contribution < 1.29 is 13.2 Å². The Morgan fingerprint density at radius 2 is 1.47 bits per heavy atom. The van der Waals surface area contributed by atoms with Gasteiger partial charge in [0, 0.05) is 51.7 Å². The van der Waals surface area contributed by atoms with E-state index in [1.807, 2.05) is 37.8 Å². The summed E-state index contributed by atoms with van der Waals surface area (Å²) in [7, 11) is -3.53. The summed E-state index contributed by atoms with van der Waals surface area (Å²) in [6, 6.07) is 3.86. The molecular weight excluding hydrogens is 398 g/mol. The monoisotopic (exact) mass is 433 g/mol. The maximum absolute atomic E-state index is 13.3. The second-order valence-electron chi connectivity index (χ2n) is 9.48. The van der Waals surface area contributed by atoms with Crippen LogP contribution in [0.15, 0.2) is 17.0 Å². The van der Waals surface area contributed by atoms with Crippen molar-refractivity contribution in [2.45, 2.75) is 51.3 Å². The van der Waals surface area contributed by atoms with Gasteiger partial charge < -0.3 is 4.90 Å². The van der Waals surface area contributed by atoms with E-state index in [1.54, 1.807) is 4.31 Å². The molecule has 1 amide bonds. The first-order chi connectivity index (χ1) is 14.3. The third kappa shape index (κ3) is 4.58. The molecule has 1 aromatic carbocycles. The van der Waals surface area contributed by atoms with Crippen LogP contribution in [0.5, 0.6) is 0 Å². The largest absolute Gasteiger partial charge is 0.340 e. The van der Waals surface area contributed by atoms with Crippen LogP contribution in [0.3, 0.4) is 0 Å². The molecule has 7 heteroatoms. The van der Waals surface area contributed by atoms with Crippen molar-refractivity contribution in [1.82, 2.24) is 14.1 Å². The SMILES string of the molecule is Cc1cc(C)c(S(=O)(=O)N2CCC(C(=O)N3CCN(CC4CC4)CC3)CC2)c(C)c1. The summed E-state index contributed by atoms with van der Waals surface area (Å²) in [6.07, 6.45) is 3.96. The lowest BCUT2D eigenvalue weighted by molar-refractivity contribution is -0.138. The van der Waals surface area contributed by atoms with Crippen molar-refractivity contribution in [2.24, 2.45) is 11.8 Å². The van der Waals surface area contributed by atoms with Gasteiger partial charge in [0.25, 0.3) is 0 Å². The average Bonchev–Trinajstić information content (AvgIpc) is 3.51. The fraction of sp³-hybridized carbons (Fsp3) is 0.696. The van der Waals surface area contributed by atoms with Crippen molar-refractivity contribution >= 4 is 15.9 Å². The summed E-state index contributed by atoms with van der Waals surface area (Å²) in [6.45, 7) is 11.3. The van der Waals surface area contributed by atoms with Crippen molar-refractivity contribution in [3.8, 4) is 0 Å². The first-order valence-electron chi connectivity index (χ1n) is 11.3. The van der Waals surface area contributed by atoms with Gasteiger partial charge in [0.05, 0.1) is 4.90 Å². The molecule has 2 heterocycles. The van der Waals surface area contributed by atoms with Gasteiger partial charge in [-0.3, -0.25) is 9.69 Å². The third-order valence-electron chi connectivity index (χ3n) is 6.90. The average molecular weight is 434 g/mol. The Bertz CT molecular complexity index is 871. The second kappa shape index (κ2) is 8.60. The van der Waals surface area contributed by atoms with Crippen molar-refractivity contribution in [2.75, 3.05) is 45.8 Å². The number of piperazine rings is 1. The smallest absolute Gasteiger partial charge is 0.243 e. The van der Waals surface area contributed by atoms with E-state index in [0.29, 0.717) is 30.8 Å². The molecular formula is C23H35N3O3S. The summed E-state index contributed by atoms with van der Waals surface area (Å²) in [4.78, 5) is 17.9. The molecule has 0 bridgehead atoms. The zero-order chi connectivity index (χ0) is 21.5. The number of hydrogen-bond acceptors (Lipinski definition) is 4. The van der Waals surface area contributed by atoms with E-state index in [-0.39, 0.29) is 11.8 Å². The number of sulfonamides is 1. The highest BCUT2D eigenvalue weighted by Crippen LogP contribution is 2.31. The number of nitrogens with zero attached hydrogens (tertiary/aromatic N) is 3. The lowest BCUT2D eigenvalue weighted by Crippen LogP contribution is -2.52. The number of benzene rings is 1. The molecule has 0 spiro atoms. The molecule has 0 atom stereocenters. The molecule has 1 saturated carbocycles. The zero-order valence-electron chi connectivity index (χ0n) is 18.6. The van der Waals surface area contributed by atoms with Gasteiger partial charge in [0.1, 0.15) is 0 Å². The van der Waals surface area contributed by atoms with Crippen LogP contribution in [0.25, 0.3) is 0 Å². The lowest BCUT2D eigenvalue weighted by Gasteiger charge is -2.38. The third-order valence-corrected chi connectivity index (χ3v) is 9.11. The summed E-state index contributed by atoms with van der Waals surface area (Å²) in [5, 5.41) is 0. The van der Waals surface area contributed by atoms with Gasteiger partial charge in [-0.05, 0) is 63.5 Å². The normalized spacial score (nSPS) is 22.4. The number of rotatable bonds is 5. The second-order valence-corrected chi connectivity index (χ2v) is 11.4. The minimum Gasteiger partial charge on any atom is -0.340 e. The maximum atomic E-state index is 13.3. The van der Waals surface area contributed by atoms with E-state index in [4.69, 9.17) is 0 Å². The summed E-state index contributed by atoms with van der Waals surface area (Å²) >= 11 is 0. The van der Waals surface area contributed by atoms with Crippen molar-refractivity contribution in [3.05, 3.63) is 28.8 Å². The molecule has 0 N–H and O–H groups in total. The Morgan fingerprint density at radius 3 is 2.00 bits per heavy atom. The number of piperidine rings is 1. The van der Waals surface area contributed by atoms with Crippen LogP contribution in [-0.4, -0.2) is 74.2 Å². The van der Waals surface area contributed by atoms with E-state index in [0.717, 1.165) is 48.8 Å². The number of aryl methyl sites for hydroxylation is 3. The Morgan fingerprint density at radius 1 is 0.900 bits per heavy atom. The highest BCUT2D eigenvalue weighted by Gasteiger charge is 2.36. The molecule has 0 unspecified atom stereocenters. The standard InChI is InChI=1S/C23H35N3O3S/c1-17-14-18(2)22(19(3)15-17)30(28,29)26-8-6-21(7-9-26)23(27)25-12-10-24(11-13-25)16-20-4-5-20/h14-15,20-21H,4-13,16H2,1-3H3. The Balaban J connectivity index is 1.34. The van der Waals surface area contributed by atoms with Crippen LogP contribution in [0.1, 0.15) is 42.4 Å². The fourth-order valence-electron chi connectivity index (χ4n) is 5.12. The molecule has 2 saturated heterocycles. The minimum absolute atomic E-state index is 0.0494. The summed E-state index contributed by atoms with van der Waals surface area (Å²) in [5.41, 5.74) is 2.68. The lowest BCUT2D eigenvalue weighted by atomic mass is 9.96. The molecule has 0 aromatic heterocycles. The molecule has 6 nitrogen and oxygen atoms in total. The van der Waals surface area contributed by atoms with E-state index < -0.39 is 10.0 Å². The minimum atomic E-state index is -3.53. The molecule has 30 heavy (non-hydrogen) atoms. The van der Waals surface area contributed by atoms with Crippen LogP contribution >= 0.6 is 0 Å². The summed E-state index contributed by atoms with van der Waals surface area (Å²) < 4.78 is 28.1. The molecule has 166 valence electrons. The van der Waals surface area contributed by atoms with E-state index >= 15 is 0 Å². The first kappa shape index (κ1) is 21.8. The van der Waals surface area contributed by atoms with Gasteiger partial charge in [-0.2, -0.15) is 4.31 Å². The fourth-order valence-corrected chi connectivity index (χ4v) is 7.00. The van der Waals surface area contributed by atoms with Crippen molar-refractivity contribution in [1.29, 1.82) is 0 Å². The van der Waals surface area contributed by atoms with Crippen LogP contribution in [0.2, 0.25) is 0 Å². The molecule has 1 aromatic rings. The van der Waals surface area contributed by atoms with Gasteiger partial charge in [-0.25, -0.2) is 8.42 Å². The summed E-state index contributed by atoms with van der Waals surface area (Å²) in [5.74, 6) is 1.06. The molecule has 3 fully saturated rings. The first-order valence-corrected chi connectivity index (χ1v) is 12.8. The Kier molecular flexibility index (Phi) is 6.24. The molecule has 0 radical (unpaired) electrons. The van der Waals surface area contributed by atoms with Crippen molar-refractivity contribution in [3.63, 3.8) is 0 Å². The van der Waals surface area contributed by atoms with Crippen LogP contribution in [0, 0.1) is 32.6 Å². The predicted octanol–water partition coefficient (Wildman–Crippen LogP) is 2.57. The molecule has 2 aliphatic heterocycles. The van der Waals surface area contributed by atoms with E-state index in [2.05, 4.69) is 4.90 Å². The topological polar surface area (TPSA) is 60.9 Å². The predicted molar refractivity (Wildman–Crippen MR) is 118 cm³/mol. The Hall–Kier alpha value is -1.44. The Labute approximate surface area is 181 Å². The van der Waals surface area contributed by atoms with E-state index in [9.17, 15) is 13.2 Å². The molecule has 3 aliphatic rings. The van der Waals surface area contributed by atoms with Gasteiger partial charge in [-0.1, -0.05) is 17.7 Å².